The highest BCUT2D eigenvalue weighted by Crippen LogP contribution is 2.32. The van der Waals surface area contributed by atoms with Crippen molar-refractivity contribution in [2.45, 2.75) is 47.2 Å². The van der Waals surface area contributed by atoms with Gasteiger partial charge in [0.1, 0.15) is 0 Å². The van der Waals surface area contributed by atoms with Crippen LogP contribution in [0.1, 0.15) is 67.7 Å². The van der Waals surface area contributed by atoms with Crippen molar-refractivity contribution in [3.05, 3.63) is 87.6 Å². The van der Waals surface area contributed by atoms with E-state index >= 15 is 0 Å². The second kappa shape index (κ2) is 14.8. The summed E-state index contributed by atoms with van der Waals surface area (Å²) < 4.78 is 0. The smallest absolute Gasteiger partial charge is 0.253 e. The summed E-state index contributed by atoms with van der Waals surface area (Å²) >= 11 is 1.75. The van der Waals surface area contributed by atoms with Crippen molar-refractivity contribution in [1.82, 2.24) is 14.7 Å². The van der Waals surface area contributed by atoms with Crippen LogP contribution in [0.2, 0.25) is 0 Å². The lowest BCUT2D eigenvalue weighted by atomic mass is 9.94. The lowest BCUT2D eigenvalue weighted by Crippen LogP contribution is -2.47. The van der Waals surface area contributed by atoms with Gasteiger partial charge in [0.2, 0.25) is 5.91 Å². The van der Waals surface area contributed by atoms with Gasteiger partial charge in [-0.3, -0.25) is 19.4 Å². The van der Waals surface area contributed by atoms with Crippen molar-refractivity contribution in [2.24, 2.45) is 0 Å². The van der Waals surface area contributed by atoms with E-state index in [9.17, 15) is 9.59 Å². The molecule has 2 heterocycles. The fourth-order valence-corrected chi connectivity index (χ4v) is 5.59. The average Bonchev–Trinajstić information content (AvgIpc) is 3.45. The van der Waals surface area contributed by atoms with Crippen LogP contribution in [0.25, 0.3) is 0 Å². The first-order chi connectivity index (χ1) is 18.5. The number of thiophene rings is 1. The molecule has 1 unspecified atom stereocenters. The van der Waals surface area contributed by atoms with Crippen LogP contribution in [0.3, 0.4) is 0 Å². The van der Waals surface area contributed by atoms with E-state index in [0.29, 0.717) is 18.7 Å². The molecule has 6 nitrogen and oxygen atoms in total. The number of carbonyl (C=O) groups is 2. The van der Waals surface area contributed by atoms with Crippen LogP contribution in [-0.2, 0) is 11.3 Å². The molecule has 1 N–H and O–H groups in total. The Morgan fingerprint density at radius 3 is 2.21 bits per heavy atom. The molecule has 0 saturated carbocycles. The predicted octanol–water partition coefficient (Wildman–Crippen LogP) is 6.12. The third kappa shape index (κ3) is 7.76. The van der Waals surface area contributed by atoms with E-state index < -0.39 is 0 Å². The minimum atomic E-state index is -0.0787. The second-order valence-electron chi connectivity index (χ2n) is 9.25. The summed E-state index contributed by atoms with van der Waals surface area (Å²) in [5, 5.41) is 7.28. The number of rotatable bonds is 9. The van der Waals surface area contributed by atoms with E-state index in [1.807, 2.05) is 56.9 Å². The second-order valence-corrected chi connectivity index (χ2v) is 10.0. The SMILES string of the molecule is CC.CCN(CC)C(=O)c1ccc(C(c2cccc(NC(C)=O)c2)N2CCN(Cc3ccsc3)CC2)cc1. The molecule has 1 atom stereocenters. The first-order valence-electron chi connectivity index (χ1n) is 13.7. The summed E-state index contributed by atoms with van der Waals surface area (Å²) in [4.78, 5) is 31.4. The summed E-state index contributed by atoms with van der Waals surface area (Å²) in [6, 6.07) is 18.4. The van der Waals surface area contributed by atoms with Gasteiger partial charge in [0.15, 0.2) is 0 Å². The Labute approximate surface area is 232 Å². The first-order valence-corrected chi connectivity index (χ1v) is 14.7. The molecule has 7 heteroatoms. The monoisotopic (exact) mass is 534 g/mol. The Hall–Kier alpha value is -3.00. The van der Waals surface area contributed by atoms with Gasteiger partial charge in [0, 0.05) is 64.0 Å². The predicted molar refractivity (Wildman–Crippen MR) is 159 cm³/mol. The van der Waals surface area contributed by atoms with Gasteiger partial charge in [-0.25, -0.2) is 0 Å². The van der Waals surface area contributed by atoms with Gasteiger partial charge in [-0.05, 0) is 71.6 Å². The zero-order chi connectivity index (χ0) is 27.5. The van der Waals surface area contributed by atoms with Crippen LogP contribution < -0.4 is 5.32 Å². The highest BCUT2D eigenvalue weighted by Gasteiger charge is 2.27. The third-order valence-electron chi connectivity index (χ3n) is 6.81. The van der Waals surface area contributed by atoms with Crippen molar-refractivity contribution in [2.75, 3.05) is 44.6 Å². The highest BCUT2D eigenvalue weighted by molar-refractivity contribution is 7.07. The van der Waals surface area contributed by atoms with E-state index in [4.69, 9.17) is 0 Å². The minimum absolute atomic E-state index is 0.0413. The standard InChI is InChI=1S/C29H36N4O2S.C2H6/c1-4-32(5-2)29(35)25-11-9-24(10-12-25)28(26-7-6-8-27(19-26)30-22(3)34)33-16-14-31(15-17-33)20-23-13-18-36-21-23;1-2/h6-13,18-19,21,28H,4-5,14-17,20H2,1-3H3,(H,30,34);1-2H3. The zero-order valence-corrected chi connectivity index (χ0v) is 24.3. The average molecular weight is 535 g/mol. The van der Waals surface area contributed by atoms with E-state index in [1.54, 1.807) is 11.3 Å². The third-order valence-corrected chi connectivity index (χ3v) is 7.54. The molecule has 1 fully saturated rings. The summed E-state index contributed by atoms with van der Waals surface area (Å²) in [7, 11) is 0. The quantitative estimate of drug-likeness (QED) is 0.359. The van der Waals surface area contributed by atoms with Crippen LogP contribution in [0.15, 0.2) is 65.4 Å². The molecule has 0 aliphatic carbocycles. The molecule has 3 aromatic rings. The number of amides is 2. The highest BCUT2D eigenvalue weighted by atomic mass is 32.1. The van der Waals surface area contributed by atoms with Gasteiger partial charge in [0.25, 0.3) is 5.91 Å². The van der Waals surface area contributed by atoms with Crippen molar-refractivity contribution in [3.8, 4) is 0 Å². The fourth-order valence-electron chi connectivity index (χ4n) is 4.93. The topological polar surface area (TPSA) is 55.9 Å². The van der Waals surface area contributed by atoms with Gasteiger partial charge in [-0.2, -0.15) is 11.3 Å². The largest absolute Gasteiger partial charge is 0.339 e. The molecule has 1 aromatic heterocycles. The van der Waals surface area contributed by atoms with Crippen molar-refractivity contribution < 1.29 is 9.59 Å². The van der Waals surface area contributed by atoms with Crippen LogP contribution in [0, 0.1) is 0 Å². The van der Waals surface area contributed by atoms with Gasteiger partial charge in [0.05, 0.1) is 6.04 Å². The van der Waals surface area contributed by atoms with Gasteiger partial charge in [-0.15, -0.1) is 0 Å². The molecule has 4 rings (SSSR count). The van der Waals surface area contributed by atoms with Crippen LogP contribution >= 0.6 is 11.3 Å². The maximum Gasteiger partial charge on any atom is 0.253 e. The molecule has 1 aliphatic heterocycles. The normalized spacial score (nSPS) is 14.8. The summed E-state index contributed by atoms with van der Waals surface area (Å²) in [5.74, 6) is -0.0113. The molecule has 204 valence electrons. The van der Waals surface area contributed by atoms with Crippen molar-refractivity contribution in [1.29, 1.82) is 0 Å². The number of piperazine rings is 1. The Bertz CT molecular complexity index is 1130. The lowest BCUT2D eigenvalue weighted by Gasteiger charge is -2.40. The Kier molecular flexibility index (Phi) is 11.5. The number of hydrogen-bond acceptors (Lipinski definition) is 5. The minimum Gasteiger partial charge on any atom is -0.339 e. The van der Waals surface area contributed by atoms with Crippen LogP contribution in [-0.4, -0.2) is 65.8 Å². The van der Waals surface area contributed by atoms with E-state index in [1.165, 1.54) is 12.5 Å². The molecule has 0 spiro atoms. The Morgan fingerprint density at radius 2 is 1.63 bits per heavy atom. The Balaban J connectivity index is 0.00000195. The molecular weight excluding hydrogens is 492 g/mol. The van der Waals surface area contributed by atoms with Crippen molar-refractivity contribution in [3.63, 3.8) is 0 Å². The molecule has 0 bridgehead atoms. The maximum atomic E-state index is 12.8. The zero-order valence-electron chi connectivity index (χ0n) is 23.4. The molecule has 2 amide bonds. The number of benzene rings is 2. The molecule has 1 aliphatic rings. The van der Waals surface area contributed by atoms with Crippen molar-refractivity contribution >= 4 is 28.8 Å². The van der Waals surface area contributed by atoms with E-state index in [-0.39, 0.29) is 17.9 Å². The van der Waals surface area contributed by atoms with Crippen LogP contribution in [0.4, 0.5) is 5.69 Å². The van der Waals surface area contributed by atoms with Gasteiger partial charge >= 0.3 is 0 Å². The summed E-state index contributed by atoms with van der Waals surface area (Å²) in [5.41, 5.74) is 5.18. The Morgan fingerprint density at radius 1 is 0.947 bits per heavy atom. The lowest BCUT2D eigenvalue weighted by molar-refractivity contribution is -0.114. The molecule has 0 radical (unpaired) electrons. The fraction of sp³-hybridized carbons (Fsp3) is 0.419. The van der Waals surface area contributed by atoms with E-state index in [2.05, 4.69) is 56.2 Å². The number of anilines is 1. The molecule has 2 aromatic carbocycles. The summed E-state index contributed by atoms with van der Waals surface area (Å²) in [6.45, 7) is 15.8. The number of nitrogens with one attached hydrogen (secondary N) is 1. The van der Waals surface area contributed by atoms with E-state index in [0.717, 1.165) is 49.5 Å². The van der Waals surface area contributed by atoms with Gasteiger partial charge < -0.3 is 10.2 Å². The number of hydrogen-bond donors (Lipinski definition) is 1. The number of carbonyl (C=O) groups excluding carboxylic acids is 2. The van der Waals surface area contributed by atoms with Gasteiger partial charge in [-0.1, -0.05) is 38.1 Å². The van der Waals surface area contributed by atoms with Crippen LogP contribution in [0.5, 0.6) is 0 Å². The first kappa shape index (κ1) is 29.6. The molecule has 1 saturated heterocycles. The molecular formula is C31H42N4O2S. The molecule has 38 heavy (non-hydrogen) atoms. The number of nitrogens with zero attached hydrogens (tertiary/aromatic N) is 3. The summed E-state index contributed by atoms with van der Waals surface area (Å²) in [6.07, 6.45) is 0. The maximum absolute atomic E-state index is 12.8.